The molecule has 3 heteroatoms. The van der Waals surface area contributed by atoms with Gasteiger partial charge < -0.3 is 4.40 Å². The van der Waals surface area contributed by atoms with Gasteiger partial charge in [-0.25, -0.2) is 4.98 Å². The van der Waals surface area contributed by atoms with E-state index in [1.54, 1.807) is 0 Å². The first kappa shape index (κ1) is 7.09. The zero-order valence-corrected chi connectivity index (χ0v) is 8.24. The summed E-state index contributed by atoms with van der Waals surface area (Å²) in [5, 5.41) is 0. The first-order valence-electron chi connectivity index (χ1n) is 3.35. The topological polar surface area (TPSA) is 17.3 Å². The Kier molecular flexibility index (Phi) is 1.60. The molecule has 56 valence electrons. The number of hydrogen-bond donors (Lipinski definition) is 0. The van der Waals surface area contributed by atoms with E-state index < -0.39 is 0 Å². The fraction of sp³-hybridized carbons (Fsp3) is 0.125. The second kappa shape index (κ2) is 2.48. The Morgan fingerprint density at radius 2 is 2.27 bits per heavy atom. The van der Waals surface area contributed by atoms with E-state index in [-0.39, 0.29) is 0 Å². The summed E-state index contributed by atoms with van der Waals surface area (Å²) < 4.78 is 3.26. The van der Waals surface area contributed by atoms with Gasteiger partial charge in [0, 0.05) is 22.2 Å². The standard InChI is InChI=1S/C8H7IN2/c1-6-3-10-8-2-7(9)5-11(8)4-6/h2-5H,1H3. The highest BCUT2D eigenvalue weighted by atomic mass is 127. The van der Waals surface area contributed by atoms with Crippen molar-refractivity contribution in [3.05, 3.63) is 33.8 Å². The van der Waals surface area contributed by atoms with Gasteiger partial charge >= 0.3 is 0 Å². The molecule has 0 atom stereocenters. The van der Waals surface area contributed by atoms with E-state index in [4.69, 9.17) is 0 Å². The van der Waals surface area contributed by atoms with E-state index in [1.165, 1.54) is 9.13 Å². The molecule has 2 aromatic rings. The summed E-state index contributed by atoms with van der Waals surface area (Å²) in [6, 6.07) is 2.06. The minimum absolute atomic E-state index is 1.01. The van der Waals surface area contributed by atoms with Gasteiger partial charge in [0.15, 0.2) is 0 Å². The molecule has 0 saturated carbocycles. The molecule has 0 radical (unpaired) electrons. The van der Waals surface area contributed by atoms with Crippen molar-refractivity contribution in [2.24, 2.45) is 0 Å². The van der Waals surface area contributed by atoms with Gasteiger partial charge in [0.25, 0.3) is 0 Å². The fourth-order valence-corrected chi connectivity index (χ4v) is 1.64. The van der Waals surface area contributed by atoms with Gasteiger partial charge in [-0.15, -0.1) is 0 Å². The maximum absolute atomic E-state index is 4.26. The average Bonchev–Trinajstić information content (AvgIpc) is 2.27. The van der Waals surface area contributed by atoms with Crippen molar-refractivity contribution < 1.29 is 0 Å². The Hall–Kier alpha value is -0.580. The van der Waals surface area contributed by atoms with Gasteiger partial charge in [-0.2, -0.15) is 0 Å². The lowest BCUT2D eigenvalue weighted by Gasteiger charge is -1.93. The molecule has 0 aromatic carbocycles. The summed E-state index contributed by atoms with van der Waals surface area (Å²) in [6.45, 7) is 2.04. The van der Waals surface area contributed by atoms with Crippen LogP contribution in [0.25, 0.3) is 5.65 Å². The van der Waals surface area contributed by atoms with Crippen LogP contribution < -0.4 is 0 Å². The van der Waals surface area contributed by atoms with Crippen molar-refractivity contribution in [3.8, 4) is 0 Å². The quantitative estimate of drug-likeness (QED) is 0.662. The minimum Gasteiger partial charge on any atom is -0.307 e. The summed E-state index contributed by atoms with van der Waals surface area (Å²) in [5.41, 5.74) is 2.20. The molecule has 2 aromatic heterocycles. The van der Waals surface area contributed by atoms with Gasteiger partial charge in [-0.05, 0) is 41.1 Å². The van der Waals surface area contributed by atoms with Crippen molar-refractivity contribution in [2.45, 2.75) is 6.92 Å². The third-order valence-electron chi connectivity index (χ3n) is 1.54. The summed E-state index contributed by atoms with van der Waals surface area (Å²) in [5.74, 6) is 0. The zero-order valence-electron chi connectivity index (χ0n) is 6.08. The SMILES string of the molecule is Cc1cnc2cc(I)cn2c1. The van der Waals surface area contributed by atoms with Crippen molar-refractivity contribution in [1.29, 1.82) is 0 Å². The van der Waals surface area contributed by atoms with E-state index in [0.717, 1.165) is 5.65 Å². The van der Waals surface area contributed by atoms with Gasteiger partial charge in [-0.3, -0.25) is 0 Å². The summed E-state index contributed by atoms with van der Waals surface area (Å²) >= 11 is 2.28. The van der Waals surface area contributed by atoms with E-state index in [2.05, 4.69) is 46.0 Å². The highest BCUT2D eigenvalue weighted by Crippen LogP contribution is 2.10. The van der Waals surface area contributed by atoms with Crippen molar-refractivity contribution in [1.82, 2.24) is 9.38 Å². The lowest BCUT2D eigenvalue weighted by molar-refractivity contribution is 1.10. The Morgan fingerprint density at radius 3 is 3.09 bits per heavy atom. The normalized spacial score (nSPS) is 10.7. The van der Waals surface area contributed by atoms with Crippen LogP contribution in [0, 0.1) is 10.5 Å². The number of aromatic nitrogens is 2. The maximum Gasteiger partial charge on any atom is 0.137 e. The van der Waals surface area contributed by atoms with Gasteiger partial charge in [0.05, 0.1) is 0 Å². The predicted molar refractivity (Wildman–Crippen MR) is 52.6 cm³/mol. The Balaban J connectivity index is 2.82. The van der Waals surface area contributed by atoms with Crippen LogP contribution in [0.3, 0.4) is 0 Å². The van der Waals surface area contributed by atoms with Crippen LogP contribution in [-0.4, -0.2) is 9.38 Å². The van der Waals surface area contributed by atoms with Crippen LogP contribution in [0.15, 0.2) is 24.7 Å². The Labute approximate surface area is 78.4 Å². The number of rotatable bonds is 0. The first-order valence-corrected chi connectivity index (χ1v) is 4.43. The molecule has 2 nitrogen and oxygen atoms in total. The van der Waals surface area contributed by atoms with E-state index in [0.29, 0.717) is 0 Å². The Bertz CT molecular complexity index is 392. The summed E-state index contributed by atoms with van der Waals surface area (Å²) in [6.07, 6.45) is 6.02. The number of aryl methyl sites for hydroxylation is 1. The van der Waals surface area contributed by atoms with Crippen LogP contribution in [0.4, 0.5) is 0 Å². The molecule has 0 N–H and O–H groups in total. The molecule has 2 rings (SSSR count). The minimum atomic E-state index is 1.01. The second-order valence-corrected chi connectivity index (χ2v) is 3.80. The summed E-state index contributed by atoms with van der Waals surface area (Å²) in [7, 11) is 0. The fourth-order valence-electron chi connectivity index (χ4n) is 1.06. The summed E-state index contributed by atoms with van der Waals surface area (Å²) in [4.78, 5) is 4.26. The van der Waals surface area contributed by atoms with Gasteiger partial charge in [0.2, 0.25) is 0 Å². The molecule has 11 heavy (non-hydrogen) atoms. The van der Waals surface area contributed by atoms with E-state index >= 15 is 0 Å². The molecule has 0 aliphatic carbocycles. The lowest BCUT2D eigenvalue weighted by atomic mass is 10.4. The molecule has 0 spiro atoms. The molecule has 0 fully saturated rings. The molecule has 0 aliphatic rings. The maximum atomic E-state index is 4.26. The van der Waals surface area contributed by atoms with Crippen molar-refractivity contribution in [2.75, 3.05) is 0 Å². The smallest absolute Gasteiger partial charge is 0.137 e. The second-order valence-electron chi connectivity index (χ2n) is 2.56. The molecule has 2 heterocycles. The number of hydrogen-bond acceptors (Lipinski definition) is 1. The molecule has 0 bridgehead atoms. The number of nitrogens with zero attached hydrogens (tertiary/aromatic N) is 2. The zero-order chi connectivity index (χ0) is 7.84. The van der Waals surface area contributed by atoms with E-state index in [1.807, 2.05) is 17.5 Å². The van der Waals surface area contributed by atoms with Gasteiger partial charge in [0.1, 0.15) is 5.65 Å². The lowest BCUT2D eigenvalue weighted by Crippen LogP contribution is -1.85. The molecule has 0 unspecified atom stereocenters. The number of halogens is 1. The molecule has 0 amide bonds. The monoisotopic (exact) mass is 258 g/mol. The molecule has 0 aliphatic heterocycles. The van der Waals surface area contributed by atoms with Crippen LogP contribution in [0.1, 0.15) is 5.56 Å². The highest BCUT2D eigenvalue weighted by Gasteiger charge is 1.95. The van der Waals surface area contributed by atoms with Gasteiger partial charge in [-0.1, -0.05) is 0 Å². The van der Waals surface area contributed by atoms with Crippen LogP contribution in [0.5, 0.6) is 0 Å². The van der Waals surface area contributed by atoms with Crippen LogP contribution in [0.2, 0.25) is 0 Å². The first-order chi connectivity index (χ1) is 5.25. The molecular formula is C8H7IN2. The predicted octanol–water partition coefficient (Wildman–Crippen LogP) is 2.25. The molecular weight excluding hydrogens is 251 g/mol. The third kappa shape index (κ3) is 1.24. The van der Waals surface area contributed by atoms with Crippen molar-refractivity contribution in [3.63, 3.8) is 0 Å². The number of fused-ring (bicyclic) bond motifs is 1. The average molecular weight is 258 g/mol. The van der Waals surface area contributed by atoms with Crippen LogP contribution in [-0.2, 0) is 0 Å². The largest absolute Gasteiger partial charge is 0.307 e. The third-order valence-corrected chi connectivity index (χ3v) is 2.13. The highest BCUT2D eigenvalue weighted by molar-refractivity contribution is 14.1. The van der Waals surface area contributed by atoms with Crippen LogP contribution >= 0.6 is 22.6 Å². The Morgan fingerprint density at radius 1 is 1.45 bits per heavy atom. The van der Waals surface area contributed by atoms with Crippen molar-refractivity contribution >= 4 is 28.2 Å². The van der Waals surface area contributed by atoms with E-state index in [9.17, 15) is 0 Å². The molecule has 0 saturated heterocycles.